The highest BCUT2D eigenvalue weighted by Gasteiger charge is 2.30. The van der Waals surface area contributed by atoms with Gasteiger partial charge in [0.05, 0.1) is 18.7 Å². The molecule has 1 atom stereocenters. The van der Waals surface area contributed by atoms with Crippen LogP contribution in [0.3, 0.4) is 0 Å². The number of piperidine rings is 1. The zero-order chi connectivity index (χ0) is 16.9. The van der Waals surface area contributed by atoms with E-state index in [1.807, 2.05) is 17.0 Å². The predicted octanol–water partition coefficient (Wildman–Crippen LogP) is 1.70. The van der Waals surface area contributed by atoms with Gasteiger partial charge >= 0.3 is 5.97 Å². The van der Waals surface area contributed by atoms with Crippen LogP contribution < -0.4 is 0 Å². The summed E-state index contributed by atoms with van der Waals surface area (Å²) in [7, 11) is 1.36. The number of pyridine rings is 1. The summed E-state index contributed by atoms with van der Waals surface area (Å²) in [6.07, 6.45) is 4.27. The second-order valence-corrected chi connectivity index (χ2v) is 6.61. The summed E-state index contributed by atoms with van der Waals surface area (Å²) in [5.74, 6) is -0.00769. The first-order valence-electron chi connectivity index (χ1n) is 8.73. The zero-order valence-corrected chi connectivity index (χ0v) is 14.2. The molecule has 130 valence electrons. The molecule has 0 bridgehead atoms. The number of nitrogens with zero attached hydrogens (tertiary/aromatic N) is 3. The number of aromatic nitrogens is 1. The van der Waals surface area contributed by atoms with E-state index in [0.717, 1.165) is 57.6 Å². The number of rotatable bonds is 4. The van der Waals surface area contributed by atoms with Gasteiger partial charge in [0.15, 0.2) is 0 Å². The van der Waals surface area contributed by atoms with E-state index in [4.69, 9.17) is 4.74 Å². The summed E-state index contributed by atoms with van der Waals surface area (Å²) < 4.78 is 4.72. The smallest absolute Gasteiger partial charge is 0.356 e. The van der Waals surface area contributed by atoms with Crippen molar-refractivity contribution < 1.29 is 14.3 Å². The number of ether oxygens (including phenoxy) is 1. The van der Waals surface area contributed by atoms with Gasteiger partial charge in [-0.15, -0.1) is 0 Å². The molecule has 0 unspecified atom stereocenters. The van der Waals surface area contributed by atoms with Gasteiger partial charge in [0.2, 0.25) is 5.91 Å². The molecule has 0 aromatic carbocycles. The van der Waals surface area contributed by atoms with Crippen molar-refractivity contribution in [2.75, 3.05) is 33.3 Å². The molecule has 2 aliphatic heterocycles. The topological polar surface area (TPSA) is 62.7 Å². The first-order chi connectivity index (χ1) is 11.7. The Kier molecular flexibility index (Phi) is 5.45. The molecule has 0 saturated carbocycles. The van der Waals surface area contributed by atoms with Crippen molar-refractivity contribution in [2.45, 2.75) is 32.2 Å². The Balaban J connectivity index is 1.61. The average Bonchev–Trinajstić information content (AvgIpc) is 3.15. The van der Waals surface area contributed by atoms with E-state index in [1.54, 1.807) is 6.07 Å². The number of amides is 1. The lowest BCUT2D eigenvalue weighted by atomic mass is 9.96. The number of carbonyl (C=O) groups excluding carboxylic acids is 2. The Bertz CT molecular complexity index is 599. The number of carbonyl (C=O) groups is 2. The van der Waals surface area contributed by atoms with Gasteiger partial charge in [0.25, 0.3) is 0 Å². The summed E-state index contributed by atoms with van der Waals surface area (Å²) >= 11 is 0. The van der Waals surface area contributed by atoms with Gasteiger partial charge in [0, 0.05) is 26.2 Å². The predicted molar refractivity (Wildman–Crippen MR) is 89.4 cm³/mol. The first-order valence-corrected chi connectivity index (χ1v) is 8.73. The Morgan fingerprint density at radius 2 is 2.00 bits per heavy atom. The van der Waals surface area contributed by atoms with Crippen LogP contribution in [0.25, 0.3) is 0 Å². The van der Waals surface area contributed by atoms with Gasteiger partial charge in [-0.25, -0.2) is 9.78 Å². The number of hydrogen-bond donors (Lipinski definition) is 0. The van der Waals surface area contributed by atoms with Crippen molar-refractivity contribution in [3.05, 3.63) is 29.6 Å². The van der Waals surface area contributed by atoms with E-state index in [2.05, 4.69) is 9.88 Å². The first kappa shape index (κ1) is 16.9. The molecule has 1 amide bonds. The Morgan fingerprint density at radius 3 is 2.75 bits per heavy atom. The standard InChI is InChI=1S/C18H25N3O3/c1-24-18(23)16-8-4-7-15(19-16)13-20-9-5-6-14(12-20)17(22)21-10-2-3-11-21/h4,7-8,14H,2-3,5-6,9-13H2,1H3/t14-/m0/s1. The summed E-state index contributed by atoms with van der Waals surface area (Å²) in [6, 6.07) is 5.40. The maximum absolute atomic E-state index is 12.6. The van der Waals surface area contributed by atoms with Crippen LogP contribution in [0, 0.1) is 5.92 Å². The second kappa shape index (κ2) is 7.75. The van der Waals surface area contributed by atoms with E-state index in [1.165, 1.54) is 7.11 Å². The summed E-state index contributed by atoms with van der Waals surface area (Å²) in [4.78, 5) is 32.9. The number of hydrogen-bond acceptors (Lipinski definition) is 5. The third-order valence-corrected chi connectivity index (χ3v) is 4.86. The normalized spacial score (nSPS) is 21.7. The maximum atomic E-state index is 12.6. The van der Waals surface area contributed by atoms with E-state index in [-0.39, 0.29) is 5.92 Å². The molecule has 3 rings (SSSR count). The molecule has 6 heteroatoms. The lowest BCUT2D eigenvalue weighted by Crippen LogP contribution is -2.43. The van der Waals surface area contributed by atoms with Gasteiger partial charge in [-0.1, -0.05) is 6.07 Å². The average molecular weight is 331 g/mol. The Hall–Kier alpha value is -1.95. The molecule has 24 heavy (non-hydrogen) atoms. The molecule has 0 spiro atoms. The van der Waals surface area contributed by atoms with Crippen LogP contribution in [0.5, 0.6) is 0 Å². The van der Waals surface area contributed by atoms with E-state index in [0.29, 0.717) is 18.1 Å². The van der Waals surface area contributed by atoms with Crippen molar-refractivity contribution in [1.82, 2.24) is 14.8 Å². The summed E-state index contributed by atoms with van der Waals surface area (Å²) in [6.45, 7) is 4.23. The minimum atomic E-state index is -0.419. The van der Waals surface area contributed by atoms with Gasteiger partial charge in [-0.3, -0.25) is 9.69 Å². The minimum absolute atomic E-state index is 0.0978. The third kappa shape index (κ3) is 3.93. The highest BCUT2D eigenvalue weighted by molar-refractivity contribution is 5.87. The van der Waals surface area contributed by atoms with Gasteiger partial charge < -0.3 is 9.64 Å². The van der Waals surface area contributed by atoms with Crippen LogP contribution in [-0.4, -0.2) is 59.9 Å². The Labute approximate surface area is 142 Å². The number of esters is 1. The SMILES string of the molecule is COC(=O)c1cccc(CN2CCC[C@H](C(=O)N3CCCC3)C2)n1. The fourth-order valence-electron chi connectivity index (χ4n) is 3.61. The summed E-state index contributed by atoms with van der Waals surface area (Å²) in [5, 5.41) is 0. The molecule has 2 fully saturated rings. The largest absolute Gasteiger partial charge is 0.464 e. The van der Waals surface area contributed by atoms with E-state index >= 15 is 0 Å². The van der Waals surface area contributed by atoms with Crippen LogP contribution in [0.15, 0.2) is 18.2 Å². The number of likely N-dealkylation sites (tertiary alicyclic amines) is 2. The molecule has 3 heterocycles. The van der Waals surface area contributed by atoms with Gasteiger partial charge in [-0.2, -0.15) is 0 Å². The van der Waals surface area contributed by atoms with Crippen LogP contribution in [-0.2, 0) is 16.1 Å². The maximum Gasteiger partial charge on any atom is 0.356 e. The number of methoxy groups -OCH3 is 1. The van der Waals surface area contributed by atoms with Crippen LogP contribution >= 0.6 is 0 Å². The van der Waals surface area contributed by atoms with Crippen LogP contribution in [0.1, 0.15) is 41.9 Å². The monoisotopic (exact) mass is 331 g/mol. The van der Waals surface area contributed by atoms with Crippen molar-refractivity contribution in [3.8, 4) is 0 Å². The molecule has 0 radical (unpaired) electrons. The molecule has 1 aromatic heterocycles. The highest BCUT2D eigenvalue weighted by atomic mass is 16.5. The quantitative estimate of drug-likeness (QED) is 0.786. The van der Waals surface area contributed by atoms with Gasteiger partial charge in [0.1, 0.15) is 5.69 Å². The fourth-order valence-corrected chi connectivity index (χ4v) is 3.61. The fraction of sp³-hybridized carbons (Fsp3) is 0.611. The van der Waals surface area contributed by atoms with Crippen molar-refractivity contribution >= 4 is 11.9 Å². The second-order valence-electron chi connectivity index (χ2n) is 6.61. The lowest BCUT2D eigenvalue weighted by molar-refractivity contribution is -0.136. The molecular weight excluding hydrogens is 306 g/mol. The van der Waals surface area contributed by atoms with Crippen LogP contribution in [0.4, 0.5) is 0 Å². The molecular formula is C18H25N3O3. The van der Waals surface area contributed by atoms with E-state index in [9.17, 15) is 9.59 Å². The molecule has 6 nitrogen and oxygen atoms in total. The molecule has 0 aliphatic carbocycles. The molecule has 2 aliphatic rings. The Morgan fingerprint density at radius 1 is 1.21 bits per heavy atom. The zero-order valence-electron chi connectivity index (χ0n) is 14.2. The van der Waals surface area contributed by atoms with Crippen molar-refractivity contribution in [2.24, 2.45) is 5.92 Å². The third-order valence-electron chi connectivity index (χ3n) is 4.86. The molecule has 1 aromatic rings. The van der Waals surface area contributed by atoms with Crippen molar-refractivity contribution in [3.63, 3.8) is 0 Å². The minimum Gasteiger partial charge on any atom is -0.464 e. The summed E-state index contributed by atoms with van der Waals surface area (Å²) in [5.41, 5.74) is 1.17. The van der Waals surface area contributed by atoms with Crippen LogP contribution in [0.2, 0.25) is 0 Å². The highest BCUT2D eigenvalue weighted by Crippen LogP contribution is 2.22. The van der Waals surface area contributed by atoms with Crippen molar-refractivity contribution in [1.29, 1.82) is 0 Å². The van der Waals surface area contributed by atoms with Gasteiger partial charge in [-0.05, 0) is 44.4 Å². The molecule has 0 N–H and O–H groups in total. The van der Waals surface area contributed by atoms with E-state index < -0.39 is 5.97 Å². The lowest BCUT2D eigenvalue weighted by Gasteiger charge is -2.33. The molecule has 2 saturated heterocycles.